The minimum Gasteiger partial charge on any atom is -0.374 e. The highest BCUT2D eigenvalue weighted by Gasteiger charge is 2.02. The van der Waals surface area contributed by atoms with Gasteiger partial charge in [0.05, 0.1) is 6.61 Å². The zero-order valence-electron chi connectivity index (χ0n) is 7.92. The molecule has 0 aliphatic carbocycles. The van der Waals surface area contributed by atoms with Gasteiger partial charge in [0, 0.05) is 12.7 Å². The monoisotopic (exact) mass is 220 g/mol. The maximum atomic E-state index is 12.9. The van der Waals surface area contributed by atoms with Crippen LogP contribution >= 0.6 is 0 Å². The summed E-state index contributed by atoms with van der Waals surface area (Å²) < 4.78 is 40.8. The molecule has 0 amide bonds. The van der Waals surface area contributed by atoms with Gasteiger partial charge in [-0.05, 0) is 12.1 Å². The summed E-state index contributed by atoms with van der Waals surface area (Å²) >= 11 is 0. The first-order valence-electron chi connectivity index (χ1n) is 4.40. The van der Waals surface area contributed by atoms with Gasteiger partial charge in [-0.3, -0.25) is 0 Å². The Morgan fingerprint density at radius 1 is 1.47 bits per heavy atom. The summed E-state index contributed by atoms with van der Waals surface area (Å²) in [6, 6.07) is 2.73. The molecule has 0 spiro atoms. The van der Waals surface area contributed by atoms with Crippen molar-refractivity contribution in [1.82, 2.24) is 4.98 Å². The third-order valence-electron chi connectivity index (χ3n) is 1.54. The number of anilines is 1. The van der Waals surface area contributed by atoms with Gasteiger partial charge in [-0.25, -0.2) is 18.2 Å². The molecule has 0 radical (unpaired) electrons. The highest BCUT2D eigenvalue weighted by atomic mass is 19.3. The molecule has 0 fully saturated rings. The molecule has 0 aliphatic heterocycles. The van der Waals surface area contributed by atoms with Crippen LogP contribution in [0.5, 0.6) is 0 Å². The fourth-order valence-corrected chi connectivity index (χ4v) is 0.930. The number of nitrogens with zero attached hydrogens (tertiary/aromatic N) is 1. The number of ether oxygens (including phenoxy) is 1. The summed E-state index contributed by atoms with van der Waals surface area (Å²) in [6.07, 6.45) is -1.04. The minimum atomic E-state index is -2.48. The van der Waals surface area contributed by atoms with Gasteiger partial charge in [-0.1, -0.05) is 0 Å². The van der Waals surface area contributed by atoms with E-state index in [2.05, 4.69) is 15.0 Å². The van der Waals surface area contributed by atoms with E-state index in [0.29, 0.717) is 0 Å². The molecule has 15 heavy (non-hydrogen) atoms. The van der Waals surface area contributed by atoms with Gasteiger partial charge in [0.2, 0.25) is 0 Å². The summed E-state index contributed by atoms with van der Waals surface area (Å²) in [5, 5.41) is 2.63. The van der Waals surface area contributed by atoms with E-state index >= 15 is 0 Å². The Bertz CT molecular complexity index is 296. The highest BCUT2D eigenvalue weighted by molar-refractivity contribution is 5.35. The van der Waals surface area contributed by atoms with Crippen LogP contribution in [0.25, 0.3) is 0 Å². The third-order valence-corrected chi connectivity index (χ3v) is 1.54. The molecule has 1 heterocycles. The van der Waals surface area contributed by atoms with Gasteiger partial charge in [0.1, 0.15) is 6.61 Å². The summed E-state index contributed by atoms with van der Waals surface area (Å²) in [6.45, 7) is -0.284. The first kappa shape index (κ1) is 11.8. The molecule has 0 aliphatic rings. The Hall–Kier alpha value is -1.30. The van der Waals surface area contributed by atoms with Crippen molar-refractivity contribution in [3.05, 3.63) is 24.1 Å². The van der Waals surface area contributed by atoms with E-state index in [9.17, 15) is 13.2 Å². The van der Waals surface area contributed by atoms with Crippen LogP contribution in [-0.4, -0.2) is 31.2 Å². The highest BCUT2D eigenvalue weighted by Crippen LogP contribution is 2.07. The Labute approximate surface area is 85.3 Å². The largest absolute Gasteiger partial charge is 0.374 e. The number of nitrogens with one attached hydrogen (secondary N) is 1. The van der Waals surface area contributed by atoms with Crippen molar-refractivity contribution >= 4 is 5.82 Å². The van der Waals surface area contributed by atoms with E-state index < -0.39 is 18.8 Å². The predicted molar refractivity (Wildman–Crippen MR) is 49.5 cm³/mol. The smallest absolute Gasteiger partial charge is 0.261 e. The molecule has 0 unspecified atom stereocenters. The summed E-state index contributed by atoms with van der Waals surface area (Å²) in [7, 11) is 0. The lowest BCUT2D eigenvalue weighted by Crippen LogP contribution is -2.14. The van der Waals surface area contributed by atoms with Crippen molar-refractivity contribution in [2.75, 3.05) is 25.1 Å². The summed E-state index contributed by atoms with van der Waals surface area (Å²) in [4.78, 5) is 3.72. The predicted octanol–water partition coefficient (Wildman–Crippen LogP) is 1.91. The maximum Gasteiger partial charge on any atom is 0.261 e. The van der Waals surface area contributed by atoms with Crippen LogP contribution in [-0.2, 0) is 4.74 Å². The average Bonchev–Trinajstić information content (AvgIpc) is 2.20. The van der Waals surface area contributed by atoms with Gasteiger partial charge in [-0.15, -0.1) is 0 Å². The molecule has 0 atom stereocenters. The van der Waals surface area contributed by atoms with Crippen LogP contribution in [0.15, 0.2) is 18.3 Å². The molecule has 84 valence electrons. The molecule has 1 aromatic rings. The molecule has 6 heteroatoms. The fraction of sp³-hybridized carbons (Fsp3) is 0.444. The van der Waals surface area contributed by atoms with E-state index in [1.54, 1.807) is 0 Å². The number of hydrogen-bond acceptors (Lipinski definition) is 3. The lowest BCUT2D eigenvalue weighted by atomic mass is 10.4. The second-order valence-corrected chi connectivity index (χ2v) is 2.73. The van der Waals surface area contributed by atoms with Gasteiger partial charge >= 0.3 is 0 Å². The quantitative estimate of drug-likeness (QED) is 0.743. The topological polar surface area (TPSA) is 34.2 Å². The summed E-state index contributed by atoms with van der Waals surface area (Å²) in [5.74, 6) is -0.385. The number of halogens is 3. The average molecular weight is 220 g/mol. The lowest BCUT2D eigenvalue weighted by molar-refractivity contribution is 0.0214. The Kier molecular flexibility index (Phi) is 4.89. The van der Waals surface area contributed by atoms with E-state index in [0.717, 1.165) is 0 Å². The molecule has 0 aromatic carbocycles. The van der Waals surface area contributed by atoms with Crippen LogP contribution in [0, 0.1) is 5.82 Å². The number of alkyl halides is 2. The van der Waals surface area contributed by atoms with Crippen molar-refractivity contribution in [2.24, 2.45) is 0 Å². The SMILES string of the molecule is Fc1cccnc1NCCOCC(F)F. The fourth-order valence-electron chi connectivity index (χ4n) is 0.930. The Morgan fingerprint density at radius 3 is 2.93 bits per heavy atom. The lowest BCUT2D eigenvalue weighted by Gasteiger charge is -2.06. The second-order valence-electron chi connectivity index (χ2n) is 2.73. The Morgan fingerprint density at radius 2 is 2.27 bits per heavy atom. The van der Waals surface area contributed by atoms with Crippen molar-refractivity contribution in [3.63, 3.8) is 0 Å². The van der Waals surface area contributed by atoms with Crippen molar-refractivity contribution < 1.29 is 17.9 Å². The number of rotatable bonds is 6. The minimum absolute atomic E-state index is 0.0837. The normalized spacial score (nSPS) is 10.7. The number of pyridine rings is 1. The molecule has 0 saturated carbocycles. The number of aromatic nitrogens is 1. The molecule has 0 bridgehead atoms. The Balaban J connectivity index is 2.18. The molecule has 1 rings (SSSR count). The van der Waals surface area contributed by atoms with Crippen LogP contribution < -0.4 is 5.32 Å². The summed E-state index contributed by atoms with van der Waals surface area (Å²) in [5.41, 5.74) is 0. The van der Waals surface area contributed by atoms with Crippen LogP contribution in [0.2, 0.25) is 0 Å². The van der Waals surface area contributed by atoms with Gasteiger partial charge in [-0.2, -0.15) is 0 Å². The van der Waals surface area contributed by atoms with E-state index in [4.69, 9.17) is 0 Å². The molecular formula is C9H11F3N2O. The number of hydrogen-bond donors (Lipinski definition) is 1. The molecule has 3 nitrogen and oxygen atoms in total. The van der Waals surface area contributed by atoms with Crippen LogP contribution in [0.1, 0.15) is 0 Å². The van der Waals surface area contributed by atoms with Crippen molar-refractivity contribution in [1.29, 1.82) is 0 Å². The first-order valence-corrected chi connectivity index (χ1v) is 4.40. The van der Waals surface area contributed by atoms with Gasteiger partial charge in [0.15, 0.2) is 11.6 Å². The molecule has 1 aromatic heterocycles. The zero-order chi connectivity index (χ0) is 11.1. The van der Waals surface area contributed by atoms with E-state index in [1.165, 1.54) is 18.3 Å². The second kappa shape index (κ2) is 6.23. The standard InChI is InChI=1S/C9H11F3N2O/c10-7-2-1-3-13-9(7)14-4-5-15-6-8(11)12/h1-3,8H,4-6H2,(H,13,14). The van der Waals surface area contributed by atoms with Crippen molar-refractivity contribution in [2.45, 2.75) is 6.43 Å². The third kappa shape index (κ3) is 4.64. The molecule has 1 N–H and O–H groups in total. The van der Waals surface area contributed by atoms with E-state index in [1.807, 2.05) is 0 Å². The van der Waals surface area contributed by atoms with Gasteiger partial charge in [0.25, 0.3) is 6.43 Å². The van der Waals surface area contributed by atoms with Crippen molar-refractivity contribution in [3.8, 4) is 0 Å². The molecular weight excluding hydrogens is 209 g/mol. The van der Waals surface area contributed by atoms with Crippen LogP contribution in [0.3, 0.4) is 0 Å². The first-order chi connectivity index (χ1) is 7.20. The van der Waals surface area contributed by atoms with Gasteiger partial charge < -0.3 is 10.1 Å². The van der Waals surface area contributed by atoms with E-state index in [-0.39, 0.29) is 19.0 Å². The zero-order valence-corrected chi connectivity index (χ0v) is 7.92. The molecule has 0 saturated heterocycles. The maximum absolute atomic E-state index is 12.9. The van der Waals surface area contributed by atoms with Crippen LogP contribution in [0.4, 0.5) is 19.0 Å².